The van der Waals surface area contributed by atoms with Gasteiger partial charge in [0.1, 0.15) is 5.82 Å². The van der Waals surface area contributed by atoms with Crippen LogP contribution in [-0.2, 0) is 0 Å². The number of rotatable bonds is 2. The molecule has 0 aliphatic rings. The lowest BCUT2D eigenvalue weighted by Gasteiger charge is -2.09. The number of carbonyl (C=O) groups is 1. The van der Waals surface area contributed by atoms with Crippen molar-refractivity contribution in [2.24, 2.45) is 0 Å². The number of aryl methyl sites for hydroxylation is 1. The molecule has 0 aliphatic heterocycles. The van der Waals surface area contributed by atoms with Crippen LogP contribution < -0.4 is 5.32 Å². The van der Waals surface area contributed by atoms with Crippen molar-refractivity contribution in [2.75, 3.05) is 5.32 Å². The van der Waals surface area contributed by atoms with Gasteiger partial charge >= 0.3 is 0 Å². The second kappa shape index (κ2) is 5.85. The summed E-state index contributed by atoms with van der Waals surface area (Å²) in [7, 11) is 0. The van der Waals surface area contributed by atoms with E-state index in [9.17, 15) is 9.18 Å². The molecule has 2 aromatic carbocycles. The van der Waals surface area contributed by atoms with Crippen molar-refractivity contribution in [1.82, 2.24) is 0 Å². The molecule has 0 radical (unpaired) electrons. The summed E-state index contributed by atoms with van der Waals surface area (Å²) >= 11 is 10.0. The van der Waals surface area contributed by atoms with E-state index < -0.39 is 0 Å². The molecule has 0 bridgehead atoms. The molecule has 0 saturated heterocycles. The number of thiol groups is 1. The summed E-state index contributed by atoms with van der Waals surface area (Å²) in [6.07, 6.45) is 0. The van der Waals surface area contributed by atoms with E-state index in [1.807, 2.05) is 0 Å². The van der Waals surface area contributed by atoms with Crippen LogP contribution in [0, 0.1) is 19.7 Å². The van der Waals surface area contributed by atoms with Gasteiger partial charge in [0, 0.05) is 16.1 Å². The maximum atomic E-state index is 13.6. The van der Waals surface area contributed by atoms with Crippen molar-refractivity contribution < 1.29 is 9.18 Å². The van der Waals surface area contributed by atoms with Crippen LogP contribution >= 0.6 is 24.2 Å². The molecular formula is C15H13ClFNOS. The Labute approximate surface area is 127 Å². The highest BCUT2D eigenvalue weighted by atomic mass is 35.5. The van der Waals surface area contributed by atoms with Gasteiger partial charge in [0.05, 0.1) is 5.02 Å². The van der Waals surface area contributed by atoms with Crippen LogP contribution in [0.2, 0.25) is 5.02 Å². The highest BCUT2D eigenvalue weighted by molar-refractivity contribution is 7.80. The summed E-state index contributed by atoms with van der Waals surface area (Å²) in [5, 5.41) is 3.13. The number of anilines is 1. The van der Waals surface area contributed by atoms with E-state index in [1.165, 1.54) is 6.07 Å². The third-order valence-corrected chi connectivity index (χ3v) is 3.90. The Bertz CT molecular complexity index is 665. The molecule has 1 N–H and O–H groups in total. The molecule has 2 nitrogen and oxygen atoms in total. The first-order chi connectivity index (χ1) is 9.38. The normalized spacial score (nSPS) is 10.4. The van der Waals surface area contributed by atoms with E-state index in [4.69, 9.17) is 11.6 Å². The minimum atomic E-state index is -0.341. The Balaban J connectivity index is 2.25. The molecule has 0 fully saturated rings. The number of amides is 1. The van der Waals surface area contributed by atoms with Crippen molar-refractivity contribution in [3.63, 3.8) is 0 Å². The topological polar surface area (TPSA) is 29.1 Å². The number of benzene rings is 2. The van der Waals surface area contributed by atoms with Crippen molar-refractivity contribution in [3.8, 4) is 0 Å². The molecule has 5 heteroatoms. The predicted molar refractivity (Wildman–Crippen MR) is 82.5 cm³/mol. The number of nitrogens with one attached hydrogen (secondary N) is 1. The standard InChI is InChI=1S/C15H13ClFNOS/c1-8-5-11(7-13(17)9(8)2)18-15(19)10-3-4-12(16)14(20)6-10/h3-7,20H,1-2H3,(H,18,19). The Hall–Kier alpha value is -1.52. The second-order valence-electron chi connectivity index (χ2n) is 4.52. The van der Waals surface area contributed by atoms with Crippen molar-refractivity contribution in [1.29, 1.82) is 0 Å². The van der Waals surface area contributed by atoms with Crippen LogP contribution in [0.25, 0.3) is 0 Å². The molecule has 0 aromatic heterocycles. The van der Waals surface area contributed by atoms with Gasteiger partial charge in [-0.15, -0.1) is 12.6 Å². The fraction of sp³-hybridized carbons (Fsp3) is 0.133. The molecule has 0 unspecified atom stereocenters. The highest BCUT2D eigenvalue weighted by Crippen LogP contribution is 2.22. The minimum absolute atomic E-state index is 0.334. The van der Waals surface area contributed by atoms with Crippen molar-refractivity contribution in [3.05, 3.63) is 57.9 Å². The van der Waals surface area contributed by atoms with Gasteiger partial charge < -0.3 is 5.32 Å². The minimum Gasteiger partial charge on any atom is -0.322 e. The van der Waals surface area contributed by atoms with Crippen molar-refractivity contribution in [2.45, 2.75) is 18.7 Å². The zero-order valence-electron chi connectivity index (χ0n) is 11.0. The van der Waals surface area contributed by atoms with E-state index >= 15 is 0 Å². The quantitative estimate of drug-likeness (QED) is 0.778. The molecule has 0 saturated carbocycles. The average Bonchev–Trinajstić information content (AvgIpc) is 2.39. The summed E-state index contributed by atoms with van der Waals surface area (Å²) in [6, 6.07) is 7.79. The third-order valence-electron chi connectivity index (χ3n) is 3.07. The number of carbonyl (C=O) groups excluding carboxylic acids is 1. The van der Waals surface area contributed by atoms with Gasteiger partial charge in [-0.1, -0.05) is 11.6 Å². The first kappa shape index (κ1) is 14.9. The SMILES string of the molecule is Cc1cc(NC(=O)c2ccc(Cl)c(S)c2)cc(F)c1C. The van der Waals surface area contributed by atoms with Crippen LogP contribution in [0.4, 0.5) is 10.1 Å². The smallest absolute Gasteiger partial charge is 0.255 e. The number of hydrogen-bond acceptors (Lipinski definition) is 2. The summed E-state index contributed by atoms with van der Waals surface area (Å²) in [5.74, 6) is -0.675. The van der Waals surface area contributed by atoms with Gasteiger partial charge in [0.2, 0.25) is 0 Å². The molecular weight excluding hydrogens is 297 g/mol. The van der Waals surface area contributed by atoms with Gasteiger partial charge in [-0.3, -0.25) is 4.79 Å². The van der Waals surface area contributed by atoms with Crippen LogP contribution in [0.5, 0.6) is 0 Å². The molecule has 2 rings (SSSR count). The van der Waals surface area contributed by atoms with Crippen molar-refractivity contribution >= 4 is 35.8 Å². The van der Waals surface area contributed by atoms with E-state index in [2.05, 4.69) is 17.9 Å². The highest BCUT2D eigenvalue weighted by Gasteiger charge is 2.10. The lowest BCUT2D eigenvalue weighted by Crippen LogP contribution is -2.12. The van der Waals surface area contributed by atoms with Gasteiger partial charge in [0.15, 0.2) is 0 Å². The van der Waals surface area contributed by atoms with Gasteiger partial charge in [-0.2, -0.15) is 0 Å². The molecule has 0 aliphatic carbocycles. The van der Waals surface area contributed by atoms with E-state index in [0.717, 1.165) is 5.56 Å². The van der Waals surface area contributed by atoms with Crippen LogP contribution in [0.15, 0.2) is 35.2 Å². The van der Waals surface area contributed by atoms with E-state index in [1.54, 1.807) is 38.1 Å². The maximum absolute atomic E-state index is 13.6. The Morgan fingerprint density at radius 1 is 1.25 bits per heavy atom. The first-order valence-electron chi connectivity index (χ1n) is 5.95. The fourth-order valence-electron chi connectivity index (χ4n) is 1.75. The van der Waals surface area contributed by atoms with Crippen LogP contribution in [0.1, 0.15) is 21.5 Å². The molecule has 1 amide bonds. The lowest BCUT2D eigenvalue weighted by molar-refractivity contribution is 0.102. The molecule has 0 spiro atoms. The van der Waals surface area contributed by atoms with Gasteiger partial charge in [0.25, 0.3) is 5.91 Å². The second-order valence-corrected chi connectivity index (χ2v) is 5.41. The molecule has 2 aromatic rings. The predicted octanol–water partition coefficient (Wildman–Crippen LogP) is 4.64. The number of hydrogen-bond donors (Lipinski definition) is 2. The lowest BCUT2D eigenvalue weighted by atomic mass is 10.1. The molecule has 104 valence electrons. The molecule has 0 atom stereocenters. The summed E-state index contributed by atoms with van der Waals surface area (Å²) in [5.41, 5.74) is 2.20. The molecule has 20 heavy (non-hydrogen) atoms. The van der Waals surface area contributed by atoms with Gasteiger partial charge in [-0.25, -0.2) is 4.39 Å². The monoisotopic (exact) mass is 309 g/mol. The zero-order valence-corrected chi connectivity index (χ0v) is 12.6. The maximum Gasteiger partial charge on any atom is 0.255 e. The average molecular weight is 310 g/mol. The fourth-order valence-corrected chi connectivity index (χ4v) is 2.08. The third kappa shape index (κ3) is 3.14. The van der Waals surface area contributed by atoms with Crippen LogP contribution in [-0.4, -0.2) is 5.91 Å². The van der Waals surface area contributed by atoms with E-state index in [0.29, 0.717) is 26.7 Å². The number of halogens is 2. The zero-order chi connectivity index (χ0) is 14.9. The summed E-state index contributed by atoms with van der Waals surface area (Å²) in [4.78, 5) is 12.6. The summed E-state index contributed by atoms with van der Waals surface area (Å²) < 4.78 is 13.6. The Morgan fingerprint density at radius 2 is 1.95 bits per heavy atom. The Kier molecular flexibility index (Phi) is 4.35. The van der Waals surface area contributed by atoms with Crippen LogP contribution in [0.3, 0.4) is 0 Å². The van der Waals surface area contributed by atoms with Gasteiger partial charge in [-0.05, 0) is 55.3 Å². The molecule has 0 heterocycles. The Morgan fingerprint density at radius 3 is 2.55 bits per heavy atom. The van der Waals surface area contributed by atoms with E-state index in [-0.39, 0.29) is 11.7 Å². The summed E-state index contributed by atoms with van der Waals surface area (Å²) in [6.45, 7) is 3.49. The first-order valence-corrected chi connectivity index (χ1v) is 6.77. The largest absolute Gasteiger partial charge is 0.322 e.